The van der Waals surface area contributed by atoms with Crippen LogP contribution in [-0.2, 0) is 14.3 Å². The highest BCUT2D eigenvalue weighted by Crippen LogP contribution is 2.47. The minimum Gasteiger partial charge on any atom is -0.496 e. The molecule has 1 aromatic rings. The number of para-hydroxylation sites is 1. The maximum atomic E-state index is 13.1. The van der Waals surface area contributed by atoms with Gasteiger partial charge >= 0.3 is 5.97 Å². The fourth-order valence-corrected chi connectivity index (χ4v) is 6.74. The van der Waals surface area contributed by atoms with Gasteiger partial charge in [0.15, 0.2) is 5.17 Å². The Morgan fingerprint density at radius 3 is 2.73 bits per heavy atom. The van der Waals surface area contributed by atoms with Crippen LogP contribution in [0.4, 0.5) is 0 Å². The summed E-state index contributed by atoms with van der Waals surface area (Å²) in [5, 5.41) is 6.00. The summed E-state index contributed by atoms with van der Waals surface area (Å²) in [6, 6.07) is 7.43. The maximum Gasteiger partial charge on any atom is 0.338 e. The van der Waals surface area contributed by atoms with Crippen molar-refractivity contribution in [2.24, 2.45) is 16.8 Å². The normalized spacial score (nSPS) is 27.8. The van der Waals surface area contributed by atoms with Crippen molar-refractivity contribution in [3.8, 4) is 5.75 Å². The van der Waals surface area contributed by atoms with Gasteiger partial charge in [-0.1, -0.05) is 36.4 Å². The molecule has 174 valence electrons. The van der Waals surface area contributed by atoms with Gasteiger partial charge in [0.1, 0.15) is 5.75 Å². The Kier molecular flexibility index (Phi) is 5.95. The number of fused-ring (bicyclic) bond motifs is 3. The fraction of sp³-hybridized carbons (Fsp3) is 0.480. The molecule has 33 heavy (non-hydrogen) atoms. The Balaban J connectivity index is 1.44. The van der Waals surface area contributed by atoms with Crippen LogP contribution in [0.25, 0.3) is 0 Å². The first-order chi connectivity index (χ1) is 16.0. The molecule has 2 bridgehead atoms. The molecule has 1 N–H and O–H groups in total. The molecule has 0 saturated heterocycles. The highest BCUT2D eigenvalue weighted by Gasteiger charge is 2.43. The summed E-state index contributed by atoms with van der Waals surface area (Å²) in [7, 11) is 2.99. The van der Waals surface area contributed by atoms with Crippen LogP contribution in [0.2, 0.25) is 0 Å². The third-order valence-corrected chi connectivity index (χ3v) is 8.15. The molecule has 1 aromatic carbocycles. The minimum atomic E-state index is -0.488. The summed E-state index contributed by atoms with van der Waals surface area (Å²) in [5.41, 5.74) is 2.71. The third-order valence-electron chi connectivity index (χ3n) is 7.27. The third kappa shape index (κ3) is 3.94. The Morgan fingerprint density at radius 2 is 2.03 bits per heavy atom. The summed E-state index contributed by atoms with van der Waals surface area (Å²) >= 11 is 1.48. The van der Waals surface area contributed by atoms with Crippen molar-refractivity contribution in [3.63, 3.8) is 0 Å². The zero-order valence-corrected chi connectivity index (χ0v) is 20.0. The molecule has 0 unspecified atom stereocenters. The second-order valence-electron chi connectivity index (χ2n) is 9.15. The molecule has 5 rings (SSSR count). The van der Waals surface area contributed by atoms with Crippen molar-refractivity contribution < 1.29 is 19.1 Å². The molecule has 0 aromatic heterocycles. The first kappa shape index (κ1) is 22.1. The summed E-state index contributed by atoms with van der Waals surface area (Å²) in [5.74, 6) is 1.64. The van der Waals surface area contributed by atoms with Crippen LogP contribution in [0, 0.1) is 11.8 Å². The highest BCUT2D eigenvalue weighted by atomic mass is 32.2. The summed E-state index contributed by atoms with van der Waals surface area (Å²) in [4.78, 5) is 32.6. The quantitative estimate of drug-likeness (QED) is 0.634. The molecule has 1 amide bonds. The number of hydrogen-bond acceptors (Lipinski definition) is 7. The van der Waals surface area contributed by atoms with E-state index in [0.717, 1.165) is 28.8 Å². The topological polar surface area (TPSA) is 80.2 Å². The van der Waals surface area contributed by atoms with Gasteiger partial charge in [-0.3, -0.25) is 4.79 Å². The standard InChI is InChI=1S/C25H29N3O4S/c1-14-22(24(30)32-3)23(18-6-4-5-7-20(18)31-2)28-17(13-33-25(28)26-14)12-21(29)27-19-11-15-8-9-16(19)10-15/h4-7,13,15-16,19,23H,8-12H2,1-3H3,(H,27,29)/t15-,16-,19+,23+/m0/s1. The number of amides is 1. The van der Waals surface area contributed by atoms with E-state index < -0.39 is 12.0 Å². The van der Waals surface area contributed by atoms with Crippen molar-refractivity contribution >= 4 is 28.8 Å². The predicted octanol–water partition coefficient (Wildman–Crippen LogP) is 4.14. The second kappa shape index (κ2) is 8.89. The molecule has 4 atom stereocenters. The van der Waals surface area contributed by atoms with Gasteiger partial charge in [-0.05, 0) is 49.5 Å². The molecule has 7 nitrogen and oxygen atoms in total. The van der Waals surface area contributed by atoms with Crippen LogP contribution in [0.15, 0.2) is 51.6 Å². The van der Waals surface area contributed by atoms with E-state index in [4.69, 9.17) is 9.47 Å². The highest BCUT2D eigenvalue weighted by molar-refractivity contribution is 8.16. The number of methoxy groups -OCH3 is 2. The second-order valence-corrected chi connectivity index (χ2v) is 9.99. The number of ether oxygens (including phenoxy) is 2. The van der Waals surface area contributed by atoms with E-state index in [2.05, 4.69) is 10.3 Å². The molecule has 2 heterocycles. The summed E-state index contributed by atoms with van der Waals surface area (Å²) in [6.45, 7) is 1.82. The number of carbonyl (C=O) groups excluding carboxylic acids is 2. The van der Waals surface area contributed by atoms with E-state index in [-0.39, 0.29) is 18.4 Å². The average molecular weight is 468 g/mol. The number of esters is 1. The number of nitrogens with one attached hydrogen (secondary N) is 1. The fourth-order valence-electron chi connectivity index (χ4n) is 5.77. The zero-order valence-electron chi connectivity index (χ0n) is 19.2. The molecule has 0 radical (unpaired) electrons. The number of nitrogens with zero attached hydrogens (tertiary/aromatic N) is 2. The maximum absolute atomic E-state index is 13.1. The minimum absolute atomic E-state index is 0.0188. The molecular formula is C25H29N3O4S. The SMILES string of the molecule is COC(=O)C1=C(C)N=C2SC=C(CC(=O)N[C@@H]3C[C@H]4CC[C@H]3C4)N2[C@@H]1c1ccccc1OC. The van der Waals surface area contributed by atoms with E-state index in [9.17, 15) is 9.59 Å². The van der Waals surface area contributed by atoms with Gasteiger partial charge < -0.3 is 19.7 Å². The first-order valence-electron chi connectivity index (χ1n) is 11.4. The van der Waals surface area contributed by atoms with Crippen molar-refractivity contribution in [2.45, 2.75) is 51.1 Å². The van der Waals surface area contributed by atoms with Gasteiger partial charge in [0.2, 0.25) is 5.91 Å². The number of allylic oxidation sites excluding steroid dienone is 1. The van der Waals surface area contributed by atoms with Crippen LogP contribution < -0.4 is 10.1 Å². The predicted molar refractivity (Wildman–Crippen MR) is 127 cm³/mol. The number of rotatable bonds is 6. The summed E-state index contributed by atoms with van der Waals surface area (Å²) < 4.78 is 10.8. The van der Waals surface area contributed by atoms with Crippen LogP contribution in [0.5, 0.6) is 5.75 Å². The van der Waals surface area contributed by atoms with Crippen LogP contribution in [0.3, 0.4) is 0 Å². The van der Waals surface area contributed by atoms with Crippen LogP contribution in [0.1, 0.15) is 50.6 Å². The van der Waals surface area contributed by atoms with Crippen molar-refractivity contribution in [2.75, 3.05) is 14.2 Å². The number of hydrogen-bond donors (Lipinski definition) is 1. The molecule has 8 heteroatoms. The van der Waals surface area contributed by atoms with Gasteiger partial charge in [-0.15, -0.1) is 0 Å². The Bertz CT molecular complexity index is 1080. The van der Waals surface area contributed by atoms with E-state index >= 15 is 0 Å². The zero-order chi connectivity index (χ0) is 23.1. The monoisotopic (exact) mass is 467 g/mol. The van der Waals surface area contributed by atoms with Gasteiger partial charge in [0.05, 0.1) is 38.0 Å². The van der Waals surface area contributed by atoms with Crippen molar-refractivity contribution in [3.05, 3.63) is 52.2 Å². The van der Waals surface area contributed by atoms with E-state index in [0.29, 0.717) is 22.9 Å². The Hall–Kier alpha value is -2.74. The van der Waals surface area contributed by atoms with E-state index in [1.165, 1.54) is 38.1 Å². The average Bonchev–Trinajstić information content (AvgIpc) is 3.54. The molecule has 2 fully saturated rings. The lowest BCUT2D eigenvalue weighted by atomic mass is 9.93. The molecule has 2 saturated carbocycles. The summed E-state index contributed by atoms with van der Waals surface area (Å²) in [6.07, 6.45) is 5.10. The number of thioether (sulfide) groups is 1. The Labute approximate surface area is 198 Å². The van der Waals surface area contributed by atoms with Gasteiger partial charge in [-0.25, -0.2) is 9.79 Å². The van der Waals surface area contributed by atoms with Gasteiger partial charge in [-0.2, -0.15) is 0 Å². The number of amidine groups is 1. The Morgan fingerprint density at radius 1 is 1.21 bits per heavy atom. The first-order valence-corrected chi connectivity index (χ1v) is 12.3. The lowest BCUT2D eigenvalue weighted by Crippen LogP contribution is -2.41. The molecule has 4 aliphatic rings. The lowest BCUT2D eigenvalue weighted by Gasteiger charge is -2.36. The molecule has 0 spiro atoms. The molecule has 2 aliphatic heterocycles. The van der Waals surface area contributed by atoms with Crippen molar-refractivity contribution in [1.29, 1.82) is 0 Å². The van der Waals surface area contributed by atoms with E-state index in [1.54, 1.807) is 7.11 Å². The van der Waals surface area contributed by atoms with Crippen molar-refractivity contribution in [1.82, 2.24) is 10.2 Å². The van der Waals surface area contributed by atoms with E-state index in [1.807, 2.05) is 41.5 Å². The molecular weight excluding hydrogens is 438 g/mol. The number of benzene rings is 1. The lowest BCUT2D eigenvalue weighted by molar-refractivity contribution is -0.136. The molecule has 2 aliphatic carbocycles. The largest absolute Gasteiger partial charge is 0.496 e. The smallest absolute Gasteiger partial charge is 0.338 e. The number of aliphatic imine (C=N–C) groups is 1. The van der Waals surface area contributed by atoms with Crippen LogP contribution >= 0.6 is 11.8 Å². The van der Waals surface area contributed by atoms with Gasteiger partial charge in [0.25, 0.3) is 0 Å². The number of carbonyl (C=O) groups is 2. The van der Waals surface area contributed by atoms with Crippen LogP contribution in [-0.4, -0.2) is 42.2 Å². The van der Waals surface area contributed by atoms with Gasteiger partial charge in [0, 0.05) is 17.3 Å².